The van der Waals surface area contributed by atoms with Crippen molar-refractivity contribution in [3.63, 3.8) is 0 Å². The zero-order chi connectivity index (χ0) is 25.5. The summed E-state index contributed by atoms with van der Waals surface area (Å²) in [5.41, 5.74) is -1.11. The summed E-state index contributed by atoms with van der Waals surface area (Å²) < 4.78 is 5.33. The summed E-state index contributed by atoms with van der Waals surface area (Å²) in [5, 5.41) is 102. The number of rotatable bonds is 1. The van der Waals surface area contributed by atoms with Gasteiger partial charge in [0.2, 0.25) is 11.2 Å². The van der Waals surface area contributed by atoms with Gasteiger partial charge in [0.15, 0.2) is 5.76 Å². The number of aliphatic hydroxyl groups excluding tert-OH is 6. The van der Waals surface area contributed by atoms with Gasteiger partial charge in [-0.1, -0.05) is 0 Å². The molecule has 184 valence electrons. The molecule has 1 aliphatic carbocycles. The van der Waals surface area contributed by atoms with E-state index in [1.54, 1.807) is 0 Å². The Kier molecular flexibility index (Phi) is 6.88. The van der Waals surface area contributed by atoms with Crippen LogP contribution in [0.2, 0.25) is 0 Å². The highest BCUT2D eigenvalue weighted by atomic mass is 16.4. The van der Waals surface area contributed by atoms with Crippen LogP contribution in [-0.2, 0) is 0 Å². The standard InChI is InChI=1S/C15H10O7.C6H12O6/c16-6-1-2-8(9(18)3-6)15-14(21)13(20)12-10(19)4-7(17)5-11(12)22-15;7-1-2(8)4(10)6(12)5(11)3(1)9/h1-5,16-19,21H;1-12H/t;1-,2-,3-,4+,5-,6-. The Bertz CT molecular complexity index is 1200. The van der Waals surface area contributed by atoms with Crippen LogP contribution in [0.15, 0.2) is 39.5 Å². The van der Waals surface area contributed by atoms with Gasteiger partial charge in [0, 0.05) is 18.2 Å². The molecule has 13 heteroatoms. The smallest absolute Gasteiger partial charge is 0.238 e. The number of phenols is 4. The van der Waals surface area contributed by atoms with Gasteiger partial charge < -0.3 is 60.6 Å². The predicted octanol–water partition coefficient (Wildman–Crippen LogP) is -1.85. The number of aromatic hydroxyl groups is 5. The highest BCUT2D eigenvalue weighted by Crippen LogP contribution is 2.39. The number of fused-ring (bicyclic) bond motifs is 1. The lowest BCUT2D eigenvalue weighted by Crippen LogP contribution is -2.63. The summed E-state index contributed by atoms with van der Waals surface area (Å²) in [4.78, 5) is 12.2. The monoisotopic (exact) mass is 482 g/mol. The SMILES string of the molecule is O=c1c(O)c(-c2ccc(O)cc2O)oc2cc(O)cc(O)c12.O[C@H]1[C@H](O)[C@@H](O)[C@H](O)[C@@H](O)[C@H]1O. The van der Waals surface area contributed by atoms with Crippen molar-refractivity contribution >= 4 is 11.0 Å². The molecule has 34 heavy (non-hydrogen) atoms. The lowest BCUT2D eigenvalue weighted by Gasteiger charge is -2.39. The van der Waals surface area contributed by atoms with Crippen molar-refractivity contribution < 1.29 is 60.6 Å². The van der Waals surface area contributed by atoms with Crippen molar-refractivity contribution in [2.45, 2.75) is 36.6 Å². The minimum Gasteiger partial charge on any atom is -0.508 e. The lowest BCUT2D eigenvalue weighted by atomic mass is 9.85. The first-order valence-electron chi connectivity index (χ1n) is 9.67. The van der Waals surface area contributed by atoms with Gasteiger partial charge in [-0.2, -0.15) is 0 Å². The van der Waals surface area contributed by atoms with E-state index in [1.165, 1.54) is 12.1 Å². The molecule has 4 rings (SSSR count). The molecule has 0 atom stereocenters. The Hall–Kier alpha value is -3.59. The molecule has 1 aliphatic rings. The van der Waals surface area contributed by atoms with Crippen molar-refractivity contribution in [2.24, 2.45) is 0 Å². The fraction of sp³-hybridized carbons (Fsp3) is 0.286. The zero-order valence-corrected chi connectivity index (χ0v) is 17.1. The van der Waals surface area contributed by atoms with Gasteiger partial charge >= 0.3 is 0 Å². The summed E-state index contributed by atoms with van der Waals surface area (Å²) in [6.07, 6.45) is -9.84. The molecule has 0 aliphatic heterocycles. The fourth-order valence-corrected chi connectivity index (χ4v) is 3.38. The molecule has 13 nitrogen and oxygen atoms in total. The number of hydrogen-bond acceptors (Lipinski definition) is 13. The Morgan fingerprint density at radius 3 is 1.56 bits per heavy atom. The molecule has 1 heterocycles. The Morgan fingerprint density at radius 1 is 0.618 bits per heavy atom. The van der Waals surface area contributed by atoms with Crippen LogP contribution in [0.5, 0.6) is 28.7 Å². The molecule has 0 spiro atoms. The number of hydrogen-bond donors (Lipinski definition) is 11. The molecule has 1 aromatic heterocycles. The van der Waals surface area contributed by atoms with E-state index in [-0.39, 0.29) is 33.8 Å². The minimum absolute atomic E-state index is 0.0304. The lowest BCUT2D eigenvalue weighted by molar-refractivity contribution is -0.223. The Morgan fingerprint density at radius 2 is 1.09 bits per heavy atom. The van der Waals surface area contributed by atoms with Crippen LogP contribution < -0.4 is 5.43 Å². The van der Waals surface area contributed by atoms with Crippen molar-refractivity contribution in [3.8, 4) is 40.1 Å². The van der Waals surface area contributed by atoms with Crippen LogP contribution in [0.4, 0.5) is 0 Å². The van der Waals surface area contributed by atoms with E-state index in [1.807, 2.05) is 0 Å². The molecule has 3 aromatic rings. The Balaban J connectivity index is 0.000000229. The first-order chi connectivity index (χ1) is 15.8. The maximum Gasteiger partial charge on any atom is 0.238 e. The molecule has 0 amide bonds. The normalized spacial score (nSPS) is 26.6. The molecule has 0 saturated heterocycles. The van der Waals surface area contributed by atoms with Crippen LogP contribution in [0.1, 0.15) is 0 Å². The van der Waals surface area contributed by atoms with Gasteiger partial charge in [-0.3, -0.25) is 4.79 Å². The van der Waals surface area contributed by atoms with E-state index in [0.717, 1.165) is 18.2 Å². The van der Waals surface area contributed by atoms with Crippen molar-refractivity contribution in [1.82, 2.24) is 0 Å². The molecule has 1 saturated carbocycles. The van der Waals surface area contributed by atoms with Crippen LogP contribution in [0.3, 0.4) is 0 Å². The van der Waals surface area contributed by atoms with Crippen LogP contribution in [0, 0.1) is 0 Å². The number of phenolic OH excluding ortho intramolecular Hbond substituents is 4. The summed E-state index contributed by atoms with van der Waals surface area (Å²) >= 11 is 0. The average molecular weight is 482 g/mol. The van der Waals surface area contributed by atoms with E-state index in [0.29, 0.717) is 0 Å². The highest BCUT2D eigenvalue weighted by Gasteiger charge is 2.47. The molecular weight excluding hydrogens is 460 g/mol. The third-order valence-corrected chi connectivity index (χ3v) is 5.26. The molecule has 11 N–H and O–H groups in total. The predicted molar refractivity (Wildman–Crippen MR) is 112 cm³/mol. The van der Waals surface area contributed by atoms with E-state index in [4.69, 9.17) is 35.1 Å². The van der Waals surface area contributed by atoms with E-state index < -0.39 is 59.3 Å². The van der Waals surface area contributed by atoms with Crippen molar-refractivity contribution in [2.75, 3.05) is 0 Å². The second-order valence-corrected chi connectivity index (χ2v) is 7.59. The van der Waals surface area contributed by atoms with Gasteiger partial charge in [0.25, 0.3) is 0 Å². The fourth-order valence-electron chi connectivity index (χ4n) is 3.38. The summed E-state index contributed by atoms with van der Waals surface area (Å²) in [6.45, 7) is 0. The summed E-state index contributed by atoms with van der Waals surface area (Å²) in [5.74, 6) is -2.66. The zero-order valence-electron chi connectivity index (χ0n) is 17.1. The van der Waals surface area contributed by atoms with Crippen molar-refractivity contribution in [1.29, 1.82) is 0 Å². The van der Waals surface area contributed by atoms with Gasteiger partial charge in [0.05, 0.1) is 5.56 Å². The first-order valence-corrected chi connectivity index (χ1v) is 9.67. The summed E-state index contributed by atoms with van der Waals surface area (Å²) in [6, 6.07) is 5.53. The second kappa shape index (κ2) is 9.34. The van der Waals surface area contributed by atoms with Crippen LogP contribution >= 0.6 is 0 Å². The summed E-state index contributed by atoms with van der Waals surface area (Å²) in [7, 11) is 0. The number of aliphatic hydroxyl groups is 6. The van der Waals surface area contributed by atoms with E-state index in [9.17, 15) is 30.3 Å². The Labute approximate surface area is 189 Å². The van der Waals surface area contributed by atoms with Gasteiger partial charge in [-0.25, -0.2) is 0 Å². The average Bonchev–Trinajstić information content (AvgIpc) is 2.77. The van der Waals surface area contributed by atoms with Crippen LogP contribution in [-0.4, -0.2) is 92.8 Å². The topological polar surface area (TPSA) is 253 Å². The third kappa shape index (κ3) is 4.43. The van der Waals surface area contributed by atoms with Gasteiger partial charge in [-0.05, 0) is 12.1 Å². The van der Waals surface area contributed by atoms with E-state index >= 15 is 0 Å². The van der Waals surface area contributed by atoms with E-state index in [2.05, 4.69) is 0 Å². The molecule has 0 unspecified atom stereocenters. The van der Waals surface area contributed by atoms with Crippen molar-refractivity contribution in [3.05, 3.63) is 40.6 Å². The van der Waals surface area contributed by atoms with Crippen LogP contribution in [0.25, 0.3) is 22.3 Å². The van der Waals surface area contributed by atoms with Gasteiger partial charge in [0.1, 0.15) is 70.6 Å². The maximum absolute atomic E-state index is 12.2. The van der Waals surface area contributed by atoms with Gasteiger partial charge in [-0.15, -0.1) is 0 Å². The molecule has 1 fully saturated rings. The molecule has 0 radical (unpaired) electrons. The molecule has 0 bridgehead atoms. The highest BCUT2D eigenvalue weighted by molar-refractivity contribution is 5.88. The number of benzene rings is 2. The molecular formula is C21H22O13. The first kappa shape index (κ1) is 25.0. The molecule has 2 aromatic carbocycles. The maximum atomic E-state index is 12.2. The minimum atomic E-state index is -1.64. The quantitative estimate of drug-likeness (QED) is 0.182. The largest absolute Gasteiger partial charge is 0.508 e. The third-order valence-electron chi connectivity index (χ3n) is 5.26. The second-order valence-electron chi connectivity index (χ2n) is 7.59.